The van der Waals surface area contributed by atoms with E-state index in [1.807, 2.05) is 30.3 Å². The van der Waals surface area contributed by atoms with Crippen LogP contribution >= 0.6 is 22.6 Å². The number of ketones is 1. The van der Waals surface area contributed by atoms with Crippen molar-refractivity contribution in [2.75, 3.05) is 7.11 Å². The molecule has 2 N–H and O–H groups in total. The van der Waals surface area contributed by atoms with E-state index in [1.165, 1.54) is 7.11 Å². The van der Waals surface area contributed by atoms with Gasteiger partial charge in [0.15, 0.2) is 5.78 Å². The summed E-state index contributed by atoms with van der Waals surface area (Å²) in [5, 5.41) is 9.28. The Balaban J connectivity index is 1.69. The number of carbonyl (C=O) groups is 2. The molecule has 0 spiro atoms. The maximum absolute atomic E-state index is 12.8. The highest BCUT2D eigenvalue weighted by Gasteiger charge is 2.41. The zero-order valence-corrected chi connectivity index (χ0v) is 20.0. The van der Waals surface area contributed by atoms with E-state index >= 15 is 0 Å². The van der Waals surface area contributed by atoms with Crippen LogP contribution in [-0.4, -0.2) is 18.9 Å². The zero-order chi connectivity index (χ0) is 23.5. The van der Waals surface area contributed by atoms with E-state index in [-0.39, 0.29) is 23.8 Å². The van der Waals surface area contributed by atoms with Gasteiger partial charge in [0, 0.05) is 24.0 Å². The van der Waals surface area contributed by atoms with Gasteiger partial charge in [0.2, 0.25) is 5.88 Å². The van der Waals surface area contributed by atoms with Crippen molar-refractivity contribution in [3.8, 4) is 11.8 Å². The molecule has 8 heteroatoms. The molecule has 7 nitrogen and oxygen atoms in total. The molecule has 168 valence electrons. The molecular formula is C25H21IN2O5. The summed E-state index contributed by atoms with van der Waals surface area (Å²) in [7, 11) is 1.27. The summed E-state index contributed by atoms with van der Waals surface area (Å²) >= 11 is 2.15. The normalized spacial score (nSPS) is 17.7. The van der Waals surface area contributed by atoms with Crippen LogP contribution in [0.2, 0.25) is 0 Å². The maximum Gasteiger partial charge on any atom is 0.340 e. The first kappa shape index (κ1) is 22.9. The van der Waals surface area contributed by atoms with Crippen LogP contribution in [0.1, 0.15) is 41.9 Å². The predicted octanol–water partition coefficient (Wildman–Crippen LogP) is 4.21. The van der Waals surface area contributed by atoms with Crippen LogP contribution in [-0.2, 0) is 25.7 Å². The van der Waals surface area contributed by atoms with Gasteiger partial charge in [0.25, 0.3) is 0 Å². The molecule has 1 aliphatic carbocycles. The second-order valence-corrected chi connectivity index (χ2v) is 8.83. The average molecular weight is 556 g/mol. The third kappa shape index (κ3) is 4.46. The fourth-order valence-electron chi connectivity index (χ4n) is 4.12. The minimum atomic E-state index is -0.670. The van der Waals surface area contributed by atoms with Crippen molar-refractivity contribution in [2.45, 2.75) is 31.8 Å². The van der Waals surface area contributed by atoms with Crippen LogP contribution in [0.25, 0.3) is 0 Å². The minimum absolute atomic E-state index is 0.0382. The average Bonchev–Trinajstić information content (AvgIpc) is 2.82. The number of carbonyl (C=O) groups excluding carboxylic acids is 2. The fraction of sp³-hybridized carbons (Fsp3) is 0.240. The molecule has 0 saturated carbocycles. The Morgan fingerprint density at radius 2 is 2.06 bits per heavy atom. The summed E-state index contributed by atoms with van der Waals surface area (Å²) in [4.78, 5) is 25.4. The number of nitrogens with zero attached hydrogens (tertiary/aromatic N) is 1. The van der Waals surface area contributed by atoms with Gasteiger partial charge in [0.1, 0.15) is 23.7 Å². The molecular weight excluding hydrogens is 535 g/mol. The summed E-state index contributed by atoms with van der Waals surface area (Å²) in [5.74, 6) is -0.256. The highest BCUT2D eigenvalue weighted by Crippen LogP contribution is 2.44. The lowest BCUT2D eigenvalue weighted by Crippen LogP contribution is -2.31. The SMILES string of the molecule is COC(=O)C1=C(N)OC2=C(C(=O)CCC2)[C@@H]1c1ccc(OCc2ccccc2C#N)c(I)c1. The number of ether oxygens (including phenoxy) is 3. The quantitative estimate of drug-likeness (QED) is 0.434. The van der Waals surface area contributed by atoms with Gasteiger partial charge in [-0.3, -0.25) is 4.79 Å². The highest BCUT2D eigenvalue weighted by atomic mass is 127. The van der Waals surface area contributed by atoms with Crippen molar-refractivity contribution in [3.63, 3.8) is 0 Å². The second kappa shape index (κ2) is 9.67. The lowest BCUT2D eigenvalue weighted by molar-refractivity contribution is -0.136. The first-order chi connectivity index (χ1) is 15.9. The summed E-state index contributed by atoms with van der Waals surface area (Å²) in [5.41, 5.74) is 8.76. The van der Waals surface area contributed by atoms with E-state index in [9.17, 15) is 14.9 Å². The molecule has 2 aromatic carbocycles. The van der Waals surface area contributed by atoms with Gasteiger partial charge in [0.05, 0.1) is 28.2 Å². The van der Waals surface area contributed by atoms with Crippen molar-refractivity contribution in [2.24, 2.45) is 5.73 Å². The van der Waals surface area contributed by atoms with Crippen LogP contribution in [0.5, 0.6) is 5.75 Å². The van der Waals surface area contributed by atoms with Crippen molar-refractivity contribution >= 4 is 34.3 Å². The first-order valence-corrected chi connectivity index (χ1v) is 11.4. The number of esters is 1. The van der Waals surface area contributed by atoms with Crippen molar-refractivity contribution in [1.29, 1.82) is 5.26 Å². The summed E-state index contributed by atoms with van der Waals surface area (Å²) in [6.45, 7) is 0.240. The molecule has 0 fully saturated rings. The molecule has 0 saturated heterocycles. The molecule has 1 heterocycles. The third-order valence-corrected chi connectivity index (χ3v) is 6.54. The van der Waals surface area contributed by atoms with Crippen LogP contribution < -0.4 is 10.5 Å². The molecule has 2 aromatic rings. The summed E-state index contributed by atoms with van der Waals surface area (Å²) in [6.07, 6.45) is 1.66. The van der Waals surface area contributed by atoms with Gasteiger partial charge in [-0.05, 0) is 52.8 Å². The number of rotatable bonds is 5. The van der Waals surface area contributed by atoms with E-state index in [0.29, 0.717) is 41.9 Å². The van der Waals surface area contributed by atoms with E-state index in [0.717, 1.165) is 14.7 Å². The third-order valence-electron chi connectivity index (χ3n) is 5.70. The van der Waals surface area contributed by atoms with Gasteiger partial charge in [-0.25, -0.2) is 4.79 Å². The molecule has 0 radical (unpaired) electrons. The Labute approximate surface area is 204 Å². The number of hydrogen-bond acceptors (Lipinski definition) is 7. The molecule has 1 aliphatic heterocycles. The van der Waals surface area contributed by atoms with Crippen LogP contribution in [0, 0.1) is 14.9 Å². The summed E-state index contributed by atoms with van der Waals surface area (Å²) in [6, 6.07) is 14.9. The van der Waals surface area contributed by atoms with Crippen molar-refractivity contribution in [1.82, 2.24) is 0 Å². The second-order valence-electron chi connectivity index (χ2n) is 7.67. The molecule has 1 atom stereocenters. The fourth-order valence-corrected chi connectivity index (χ4v) is 4.82. The molecule has 0 bridgehead atoms. The molecule has 0 aromatic heterocycles. The Morgan fingerprint density at radius 3 is 2.79 bits per heavy atom. The number of nitrogens with two attached hydrogens (primary N) is 1. The maximum atomic E-state index is 12.8. The van der Waals surface area contributed by atoms with Gasteiger partial charge in [-0.1, -0.05) is 24.3 Å². The Kier molecular flexibility index (Phi) is 6.70. The number of nitriles is 1. The lowest BCUT2D eigenvalue weighted by atomic mass is 9.77. The first-order valence-electron chi connectivity index (χ1n) is 10.4. The Morgan fingerprint density at radius 1 is 1.27 bits per heavy atom. The van der Waals surface area contributed by atoms with Crippen LogP contribution in [0.4, 0.5) is 0 Å². The minimum Gasteiger partial charge on any atom is -0.488 e. The molecule has 0 unspecified atom stereocenters. The van der Waals surface area contributed by atoms with Crippen LogP contribution in [0.3, 0.4) is 0 Å². The monoisotopic (exact) mass is 556 g/mol. The summed E-state index contributed by atoms with van der Waals surface area (Å²) < 4.78 is 17.4. The molecule has 2 aliphatic rings. The van der Waals surface area contributed by atoms with E-state index in [1.54, 1.807) is 12.1 Å². The topological polar surface area (TPSA) is 112 Å². The largest absolute Gasteiger partial charge is 0.488 e. The number of methoxy groups -OCH3 is 1. The smallest absolute Gasteiger partial charge is 0.340 e. The molecule has 4 rings (SSSR count). The van der Waals surface area contributed by atoms with E-state index in [4.69, 9.17) is 19.9 Å². The van der Waals surface area contributed by atoms with Crippen molar-refractivity contribution in [3.05, 3.63) is 85.5 Å². The number of allylic oxidation sites excluding steroid dienone is 2. The predicted molar refractivity (Wildman–Crippen MR) is 128 cm³/mol. The van der Waals surface area contributed by atoms with Crippen LogP contribution in [0.15, 0.2) is 65.3 Å². The molecule has 0 amide bonds. The van der Waals surface area contributed by atoms with Gasteiger partial charge < -0.3 is 19.9 Å². The number of hydrogen-bond donors (Lipinski definition) is 1. The number of Topliss-reactive ketones (excluding diaryl/α,β-unsaturated/α-hetero) is 1. The highest BCUT2D eigenvalue weighted by molar-refractivity contribution is 14.1. The lowest BCUT2D eigenvalue weighted by Gasteiger charge is -2.32. The van der Waals surface area contributed by atoms with Gasteiger partial charge in [-0.2, -0.15) is 5.26 Å². The van der Waals surface area contributed by atoms with E-state index < -0.39 is 11.9 Å². The Bertz CT molecular complexity index is 1240. The number of halogens is 1. The Hall–Kier alpha value is -3.32. The number of benzene rings is 2. The van der Waals surface area contributed by atoms with Gasteiger partial charge in [-0.15, -0.1) is 0 Å². The van der Waals surface area contributed by atoms with Crippen molar-refractivity contribution < 1.29 is 23.8 Å². The standard InChI is InChI=1S/C25H21IN2O5/c1-31-25(30)23-21(22-18(29)7-4-8-20(22)33-24(23)28)14-9-10-19(17(26)11-14)32-13-16-6-3-2-5-15(16)12-27/h2-3,5-6,9-11,21H,4,7-8,13,28H2,1H3/t21-/m0/s1. The zero-order valence-electron chi connectivity index (χ0n) is 17.9. The van der Waals surface area contributed by atoms with Gasteiger partial charge >= 0.3 is 5.97 Å². The van der Waals surface area contributed by atoms with E-state index in [2.05, 4.69) is 28.7 Å². The molecule has 33 heavy (non-hydrogen) atoms.